The first kappa shape index (κ1) is 23.7. The molecule has 0 amide bonds. The highest BCUT2D eigenvalue weighted by atomic mass is 28.3. The van der Waals surface area contributed by atoms with Crippen molar-refractivity contribution >= 4 is 8.80 Å². The van der Waals surface area contributed by atoms with Crippen molar-refractivity contribution in [3.8, 4) is 5.75 Å². The molecule has 0 N–H and O–H groups in total. The maximum atomic E-state index is 12.2. The molecule has 0 bridgehead atoms. The molecule has 1 heterocycles. The number of ether oxygens (including phenoxy) is 1. The molecule has 1 aromatic carbocycles. The quantitative estimate of drug-likeness (QED) is 0.278. The monoisotopic (exact) mass is 440 g/mol. The average Bonchev–Trinajstić information content (AvgIpc) is 2.74. The zero-order chi connectivity index (χ0) is 21.4. The molecule has 1 nitrogen and oxygen atoms in total. The number of unbranched alkanes of at least 4 members (excludes halogenated alkanes) is 2. The number of rotatable bonds is 9. The van der Waals surface area contributed by atoms with Gasteiger partial charge in [-0.15, -0.1) is 0 Å². The Labute approximate surface area is 182 Å². The molecule has 3 rings (SSSR count). The molecule has 1 aliphatic heterocycles. The number of hydrogen-bond acceptors (Lipinski definition) is 1. The third kappa shape index (κ3) is 7.62. The van der Waals surface area contributed by atoms with Crippen LogP contribution in [0, 0.1) is 11.8 Å². The molecule has 0 radical (unpaired) electrons. The van der Waals surface area contributed by atoms with Crippen molar-refractivity contribution in [1.29, 1.82) is 0 Å². The summed E-state index contributed by atoms with van der Waals surface area (Å²) in [5.41, 5.74) is 1.32. The van der Waals surface area contributed by atoms with Crippen molar-refractivity contribution in [1.82, 2.24) is 0 Å². The Morgan fingerprint density at radius 2 is 1.53 bits per heavy atom. The van der Waals surface area contributed by atoms with E-state index in [2.05, 4.69) is 19.1 Å². The van der Waals surface area contributed by atoms with E-state index in [1.165, 1.54) is 63.4 Å². The van der Waals surface area contributed by atoms with Crippen LogP contribution >= 0.6 is 0 Å². The highest BCUT2D eigenvalue weighted by molar-refractivity contribution is 6.58. The molecule has 2 aliphatic rings. The maximum absolute atomic E-state index is 12.2. The van der Waals surface area contributed by atoms with Gasteiger partial charge in [-0.05, 0) is 61.1 Å². The minimum Gasteiger partial charge on any atom is -0.493 e. The van der Waals surface area contributed by atoms with Crippen molar-refractivity contribution in [3.05, 3.63) is 29.8 Å². The van der Waals surface area contributed by atoms with Crippen molar-refractivity contribution in [2.75, 3.05) is 6.61 Å². The zero-order valence-corrected chi connectivity index (χ0v) is 19.7. The van der Waals surface area contributed by atoms with E-state index >= 15 is 0 Å². The molecule has 0 unspecified atom stereocenters. The molecular formula is C25H39F3OSi. The second-order valence-electron chi connectivity index (χ2n) is 9.67. The Balaban J connectivity index is 1.37. The minimum absolute atomic E-state index is 0.308. The molecule has 2 fully saturated rings. The van der Waals surface area contributed by atoms with Crippen molar-refractivity contribution < 1.29 is 17.9 Å². The van der Waals surface area contributed by atoms with Gasteiger partial charge in [-0.2, -0.15) is 13.2 Å². The Morgan fingerprint density at radius 3 is 2.13 bits per heavy atom. The Bertz CT molecular complexity index is 600. The van der Waals surface area contributed by atoms with Gasteiger partial charge < -0.3 is 4.74 Å². The molecule has 5 heteroatoms. The van der Waals surface area contributed by atoms with E-state index in [9.17, 15) is 13.2 Å². The first-order valence-electron chi connectivity index (χ1n) is 12.2. The molecule has 1 saturated heterocycles. The fourth-order valence-electron chi connectivity index (χ4n) is 5.68. The fourth-order valence-corrected chi connectivity index (χ4v) is 9.21. The van der Waals surface area contributed by atoms with E-state index in [-0.39, 0.29) is 6.61 Å². The molecule has 0 aromatic heterocycles. The third-order valence-corrected chi connectivity index (χ3v) is 11.1. The SMILES string of the molecule is CCCCC[SiH]1CCC(C2CCC(c3ccc(OCCC(F)(F)F)cc3)CC2)CC1. The second-order valence-corrected chi connectivity index (χ2v) is 13.1. The largest absolute Gasteiger partial charge is 0.493 e. The van der Waals surface area contributed by atoms with Crippen LogP contribution in [0.1, 0.15) is 82.6 Å². The molecule has 1 aliphatic carbocycles. The summed E-state index contributed by atoms with van der Waals surface area (Å²) >= 11 is 0. The fraction of sp³-hybridized carbons (Fsp3) is 0.760. The molecule has 0 spiro atoms. The smallest absolute Gasteiger partial charge is 0.392 e. The van der Waals surface area contributed by atoms with Gasteiger partial charge in [0, 0.05) is 8.80 Å². The van der Waals surface area contributed by atoms with E-state index in [0.717, 1.165) is 11.8 Å². The topological polar surface area (TPSA) is 9.23 Å². The van der Waals surface area contributed by atoms with E-state index < -0.39 is 21.4 Å². The van der Waals surface area contributed by atoms with Gasteiger partial charge in [0.2, 0.25) is 0 Å². The highest BCUT2D eigenvalue weighted by Crippen LogP contribution is 2.43. The van der Waals surface area contributed by atoms with E-state index in [1.54, 1.807) is 18.1 Å². The standard InChI is InChI=1S/C25H39F3OSi/c1-2-3-4-17-30-18-13-23(14-19-30)21-7-5-20(6-8-21)22-9-11-24(12-10-22)29-16-15-25(26,27)28/h9-12,20-21,23,30H,2-8,13-19H2,1H3. The van der Waals surface area contributed by atoms with E-state index in [0.29, 0.717) is 11.7 Å². The van der Waals surface area contributed by atoms with Gasteiger partial charge in [0.1, 0.15) is 5.75 Å². The van der Waals surface area contributed by atoms with Crippen LogP contribution in [-0.4, -0.2) is 21.6 Å². The van der Waals surface area contributed by atoms with Crippen LogP contribution in [0.3, 0.4) is 0 Å². The van der Waals surface area contributed by atoms with Crippen LogP contribution < -0.4 is 4.74 Å². The van der Waals surface area contributed by atoms with E-state index in [1.807, 2.05) is 12.1 Å². The Morgan fingerprint density at radius 1 is 0.900 bits per heavy atom. The van der Waals surface area contributed by atoms with Crippen LogP contribution in [0.5, 0.6) is 5.75 Å². The molecular weight excluding hydrogens is 401 g/mol. The summed E-state index contributed by atoms with van der Waals surface area (Å²) in [6.07, 6.45) is 7.41. The van der Waals surface area contributed by atoms with Gasteiger partial charge in [-0.25, -0.2) is 0 Å². The van der Waals surface area contributed by atoms with Gasteiger partial charge in [0.05, 0.1) is 13.0 Å². The van der Waals surface area contributed by atoms with Crippen LogP contribution in [0.25, 0.3) is 0 Å². The molecule has 1 aromatic rings. The van der Waals surface area contributed by atoms with Gasteiger partial charge in [0.25, 0.3) is 0 Å². The first-order chi connectivity index (χ1) is 14.4. The van der Waals surface area contributed by atoms with Gasteiger partial charge in [-0.1, -0.05) is 69.3 Å². The lowest BCUT2D eigenvalue weighted by atomic mass is 9.72. The molecule has 0 atom stereocenters. The molecule has 1 saturated carbocycles. The van der Waals surface area contributed by atoms with Crippen molar-refractivity contribution in [2.45, 2.75) is 101 Å². The van der Waals surface area contributed by atoms with Crippen LogP contribution in [0.15, 0.2) is 24.3 Å². The lowest BCUT2D eigenvalue weighted by Crippen LogP contribution is -2.28. The highest BCUT2D eigenvalue weighted by Gasteiger charge is 2.31. The van der Waals surface area contributed by atoms with Gasteiger partial charge in [0.15, 0.2) is 0 Å². The van der Waals surface area contributed by atoms with Crippen molar-refractivity contribution in [3.63, 3.8) is 0 Å². The summed E-state index contributed by atoms with van der Waals surface area (Å²) in [7, 11) is -0.409. The van der Waals surface area contributed by atoms with Crippen LogP contribution in [-0.2, 0) is 0 Å². The zero-order valence-electron chi connectivity index (χ0n) is 18.6. The molecule has 30 heavy (non-hydrogen) atoms. The first-order valence-corrected chi connectivity index (χ1v) is 14.7. The number of halogens is 3. The van der Waals surface area contributed by atoms with Gasteiger partial charge >= 0.3 is 6.18 Å². The summed E-state index contributed by atoms with van der Waals surface area (Å²) in [5.74, 6) is 3.05. The number of alkyl halides is 3. The Kier molecular flexibility index (Phi) is 9.15. The van der Waals surface area contributed by atoms with E-state index in [4.69, 9.17) is 4.74 Å². The minimum atomic E-state index is -4.16. The summed E-state index contributed by atoms with van der Waals surface area (Å²) in [4.78, 5) is 0. The second kappa shape index (κ2) is 11.6. The van der Waals surface area contributed by atoms with Gasteiger partial charge in [-0.3, -0.25) is 0 Å². The average molecular weight is 441 g/mol. The number of hydrogen-bond donors (Lipinski definition) is 0. The molecule has 170 valence electrons. The Hall–Kier alpha value is -0.973. The maximum Gasteiger partial charge on any atom is 0.392 e. The normalized spacial score (nSPS) is 27.7. The lowest BCUT2D eigenvalue weighted by molar-refractivity contribution is -0.139. The third-order valence-electron chi connectivity index (χ3n) is 7.55. The van der Waals surface area contributed by atoms with Crippen LogP contribution in [0.4, 0.5) is 13.2 Å². The van der Waals surface area contributed by atoms with Crippen molar-refractivity contribution in [2.24, 2.45) is 11.8 Å². The lowest BCUT2D eigenvalue weighted by Gasteiger charge is -2.37. The number of benzene rings is 1. The summed E-state index contributed by atoms with van der Waals surface area (Å²) < 4.78 is 41.9. The predicted octanol–water partition coefficient (Wildman–Crippen LogP) is 8.12. The predicted molar refractivity (Wildman–Crippen MR) is 121 cm³/mol. The summed E-state index contributed by atoms with van der Waals surface area (Å²) in [6, 6.07) is 12.5. The summed E-state index contributed by atoms with van der Waals surface area (Å²) in [6.45, 7) is 1.99. The summed E-state index contributed by atoms with van der Waals surface area (Å²) in [5, 5.41) is 0. The van der Waals surface area contributed by atoms with Crippen LogP contribution in [0.2, 0.25) is 18.1 Å².